The van der Waals surface area contributed by atoms with Crippen molar-refractivity contribution < 1.29 is 14.3 Å². The molecule has 0 radical (unpaired) electrons. The van der Waals surface area contributed by atoms with Gasteiger partial charge in [0.05, 0.1) is 31.9 Å². The molecule has 29 heavy (non-hydrogen) atoms. The number of nitrogens with one attached hydrogen (secondary N) is 1. The van der Waals surface area contributed by atoms with Gasteiger partial charge in [-0.15, -0.1) is 0 Å². The van der Waals surface area contributed by atoms with Crippen molar-refractivity contribution in [2.75, 3.05) is 50.2 Å². The lowest BCUT2D eigenvalue weighted by Crippen LogP contribution is -2.61. The highest BCUT2D eigenvalue weighted by Gasteiger charge is 2.41. The van der Waals surface area contributed by atoms with E-state index in [1.807, 2.05) is 31.2 Å². The van der Waals surface area contributed by atoms with E-state index in [1.54, 1.807) is 14.2 Å². The van der Waals surface area contributed by atoms with E-state index in [2.05, 4.69) is 33.3 Å². The van der Waals surface area contributed by atoms with Crippen molar-refractivity contribution in [2.24, 2.45) is 5.92 Å². The smallest absolute Gasteiger partial charge is 0.225 e. The van der Waals surface area contributed by atoms with Gasteiger partial charge in [0, 0.05) is 37.9 Å². The number of fused-ring (bicyclic) bond motifs is 3. The number of piperazine rings is 1. The van der Waals surface area contributed by atoms with E-state index in [0.29, 0.717) is 6.54 Å². The van der Waals surface area contributed by atoms with Gasteiger partial charge in [-0.3, -0.25) is 4.79 Å². The van der Waals surface area contributed by atoms with Gasteiger partial charge in [-0.25, -0.2) is 0 Å². The minimum Gasteiger partial charge on any atom is -0.497 e. The van der Waals surface area contributed by atoms with E-state index in [-0.39, 0.29) is 17.9 Å². The van der Waals surface area contributed by atoms with E-state index in [9.17, 15) is 4.79 Å². The van der Waals surface area contributed by atoms with Crippen LogP contribution in [0.25, 0.3) is 0 Å². The highest BCUT2D eigenvalue weighted by atomic mass is 16.5. The fourth-order valence-electron chi connectivity index (χ4n) is 4.62. The third-order valence-corrected chi connectivity index (χ3v) is 6.04. The van der Waals surface area contributed by atoms with Crippen LogP contribution in [0, 0.1) is 5.92 Å². The molecule has 6 heteroatoms. The average molecular weight is 396 g/mol. The molecule has 0 spiro atoms. The molecular weight excluding hydrogens is 366 g/mol. The Morgan fingerprint density at radius 2 is 1.93 bits per heavy atom. The molecule has 2 aromatic carbocycles. The van der Waals surface area contributed by atoms with Crippen LogP contribution in [-0.4, -0.2) is 52.3 Å². The number of carbonyl (C=O) groups is 1. The fourth-order valence-corrected chi connectivity index (χ4v) is 4.62. The fraction of sp³-hybridized carbons (Fsp3) is 0.435. The molecule has 0 saturated carbocycles. The summed E-state index contributed by atoms with van der Waals surface area (Å²) in [6, 6.07) is 14.4. The van der Waals surface area contributed by atoms with Gasteiger partial charge in [0.25, 0.3) is 0 Å². The van der Waals surface area contributed by atoms with E-state index in [1.165, 1.54) is 11.3 Å². The number of nitrogens with zero attached hydrogens (tertiary/aromatic N) is 2. The van der Waals surface area contributed by atoms with Crippen LogP contribution in [0.2, 0.25) is 0 Å². The van der Waals surface area contributed by atoms with Crippen molar-refractivity contribution >= 4 is 17.3 Å². The van der Waals surface area contributed by atoms with Crippen molar-refractivity contribution in [3.8, 4) is 11.5 Å². The quantitative estimate of drug-likeness (QED) is 0.844. The Labute approximate surface area is 172 Å². The molecule has 0 aromatic heterocycles. The number of benzene rings is 2. The van der Waals surface area contributed by atoms with Crippen molar-refractivity contribution in [3.63, 3.8) is 0 Å². The molecule has 154 valence electrons. The van der Waals surface area contributed by atoms with Crippen LogP contribution in [0.4, 0.5) is 11.4 Å². The van der Waals surface area contributed by atoms with Crippen molar-refractivity contribution in [2.45, 2.75) is 19.4 Å². The third-order valence-electron chi connectivity index (χ3n) is 6.04. The Hall–Kier alpha value is -2.89. The largest absolute Gasteiger partial charge is 0.497 e. The van der Waals surface area contributed by atoms with Crippen molar-refractivity contribution in [3.05, 3.63) is 48.0 Å². The summed E-state index contributed by atoms with van der Waals surface area (Å²) in [7, 11) is 3.40. The van der Waals surface area contributed by atoms with Crippen LogP contribution in [-0.2, 0) is 11.2 Å². The first-order chi connectivity index (χ1) is 14.2. The number of anilines is 2. The maximum atomic E-state index is 12.9. The highest BCUT2D eigenvalue weighted by molar-refractivity contribution is 5.82. The molecule has 2 aliphatic rings. The summed E-state index contributed by atoms with van der Waals surface area (Å²) in [5.41, 5.74) is 3.49. The van der Waals surface area contributed by atoms with Gasteiger partial charge in [0.15, 0.2) is 0 Å². The van der Waals surface area contributed by atoms with E-state index in [0.717, 1.165) is 43.2 Å². The lowest BCUT2D eigenvalue weighted by molar-refractivity contribution is -0.125. The predicted molar refractivity (Wildman–Crippen MR) is 115 cm³/mol. The topological polar surface area (TPSA) is 54.0 Å². The first kappa shape index (κ1) is 19.4. The Bertz CT molecular complexity index is 885. The second kappa shape index (κ2) is 8.23. The molecule has 1 saturated heterocycles. The Morgan fingerprint density at radius 3 is 2.69 bits per heavy atom. The lowest BCUT2D eigenvalue weighted by Gasteiger charge is -2.49. The molecule has 6 nitrogen and oxygen atoms in total. The van der Waals surface area contributed by atoms with E-state index in [4.69, 9.17) is 9.47 Å². The van der Waals surface area contributed by atoms with E-state index >= 15 is 0 Å². The molecule has 0 unspecified atom stereocenters. The summed E-state index contributed by atoms with van der Waals surface area (Å²) >= 11 is 0. The minimum absolute atomic E-state index is 0.0895. The second-order valence-corrected chi connectivity index (χ2v) is 7.58. The number of hydrogen-bond acceptors (Lipinski definition) is 5. The van der Waals surface area contributed by atoms with Crippen molar-refractivity contribution in [1.82, 2.24) is 5.32 Å². The molecule has 2 heterocycles. The highest BCUT2D eigenvalue weighted by Crippen LogP contribution is 2.40. The van der Waals surface area contributed by atoms with Crippen LogP contribution in [0.5, 0.6) is 11.5 Å². The Kier molecular flexibility index (Phi) is 5.51. The number of ether oxygens (including phenoxy) is 2. The standard InChI is InChI=1S/C23H29N3O3/c1-4-24-23(27)18-13-16-9-10-17(28-2)14-20(16)26-12-11-25(15-21(18)26)19-7-5-6-8-22(19)29-3/h5-10,14,18,21H,4,11-13,15H2,1-3H3,(H,24,27)/t18-,21+/m0/s1. The van der Waals surface area contributed by atoms with Gasteiger partial charge in [0.2, 0.25) is 5.91 Å². The van der Waals surface area contributed by atoms with Crippen LogP contribution in [0.3, 0.4) is 0 Å². The second-order valence-electron chi connectivity index (χ2n) is 7.58. The number of rotatable bonds is 5. The zero-order chi connectivity index (χ0) is 20.4. The van der Waals surface area contributed by atoms with Gasteiger partial charge in [-0.2, -0.15) is 0 Å². The number of carbonyl (C=O) groups excluding carboxylic acids is 1. The molecule has 2 atom stereocenters. The zero-order valence-corrected chi connectivity index (χ0v) is 17.4. The number of para-hydroxylation sites is 2. The molecule has 0 bridgehead atoms. The number of amides is 1. The van der Waals surface area contributed by atoms with Gasteiger partial charge in [-0.05, 0) is 37.1 Å². The van der Waals surface area contributed by atoms with Crippen LogP contribution in [0.1, 0.15) is 12.5 Å². The number of methoxy groups -OCH3 is 2. The predicted octanol–water partition coefficient (Wildman–Crippen LogP) is 2.71. The first-order valence-electron chi connectivity index (χ1n) is 10.3. The zero-order valence-electron chi connectivity index (χ0n) is 17.4. The Balaban J connectivity index is 1.69. The van der Waals surface area contributed by atoms with E-state index < -0.39 is 0 Å². The summed E-state index contributed by atoms with van der Waals surface area (Å²) in [5, 5.41) is 3.05. The SMILES string of the molecule is CCNC(=O)[C@H]1Cc2ccc(OC)cc2N2CCN(c3ccccc3OC)C[C@H]12. The molecular formula is C23H29N3O3. The third kappa shape index (κ3) is 3.59. The minimum atomic E-state index is -0.0895. The normalized spacial score (nSPS) is 20.5. The molecule has 2 aromatic rings. The molecule has 1 N–H and O–H groups in total. The summed E-state index contributed by atoms with van der Waals surface area (Å²) in [4.78, 5) is 17.7. The lowest BCUT2D eigenvalue weighted by atomic mass is 9.83. The van der Waals surface area contributed by atoms with Gasteiger partial charge in [0.1, 0.15) is 11.5 Å². The molecule has 4 rings (SSSR count). The molecule has 2 aliphatic heterocycles. The van der Waals surface area contributed by atoms with Crippen LogP contribution in [0.15, 0.2) is 42.5 Å². The van der Waals surface area contributed by atoms with Crippen LogP contribution < -0.4 is 24.6 Å². The Morgan fingerprint density at radius 1 is 1.10 bits per heavy atom. The average Bonchev–Trinajstić information content (AvgIpc) is 2.77. The van der Waals surface area contributed by atoms with Gasteiger partial charge < -0.3 is 24.6 Å². The summed E-state index contributed by atoms with van der Waals surface area (Å²) in [5.74, 6) is 1.76. The molecule has 0 aliphatic carbocycles. The number of hydrogen-bond donors (Lipinski definition) is 1. The van der Waals surface area contributed by atoms with Crippen LogP contribution >= 0.6 is 0 Å². The molecule has 1 fully saturated rings. The van der Waals surface area contributed by atoms with Gasteiger partial charge >= 0.3 is 0 Å². The van der Waals surface area contributed by atoms with Gasteiger partial charge in [-0.1, -0.05) is 18.2 Å². The van der Waals surface area contributed by atoms with Crippen molar-refractivity contribution in [1.29, 1.82) is 0 Å². The summed E-state index contributed by atoms with van der Waals surface area (Å²) < 4.78 is 11.0. The monoisotopic (exact) mass is 395 g/mol. The summed E-state index contributed by atoms with van der Waals surface area (Å²) in [6.45, 7) is 5.11. The molecule has 1 amide bonds. The summed E-state index contributed by atoms with van der Waals surface area (Å²) in [6.07, 6.45) is 0.742. The maximum absolute atomic E-state index is 12.9. The maximum Gasteiger partial charge on any atom is 0.225 e. The first-order valence-corrected chi connectivity index (χ1v) is 10.3.